The highest BCUT2D eigenvalue weighted by molar-refractivity contribution is 5.92. The first-order chi connectivity index (χ1) is 10.6. The molecule has 2 aliphatic rings. The summed E-state index contributed by atoms with van der Waals surface area (Å²) < 4.78 is 5.90. The highest BCUT2D eigenvalue weighted by atomic mass is 16.5. The Morgan fingerprint density at radius 1 is 1.55 bits per heavy atom. The van der Waals surface area contributed by atoms with E-state index >= 15 is 0 Å². The fourth-order valence-electron chi connectivity index (χ4n) is 3.39. The summed E-state index contributed by atoms with van der Waals surface area (Å²) >= 11 is 0. The summed E-state index contributed by atoms with van der Waals surface area (Å²) in [5, 5.41) is 9.29. The molecule has 4 heterocycles. The monoisotopic (exact) mass is 301 g/mol. The van der Waals surface area contributed by atoms with Crippen LogP contribution in [0.4, 0.5) is 5.82 Å². The van der Waals surface area contributed by atoms with Gasteiger partial charge in [-0.1, -0.05) is 0 Å². The van der Waals surface area contributed by atoms with Crippen LogP contribution < -0.4 is 15.1 Å². The van der Waals surface area contributed by atoms with Gasteiger partial charge in [0, 0.05) is 12.7 Å². The molecule has 22 heavy (non-hydrogen) atoms. The maximum Gasteiger partial charge on any atom is 0.341 e. The summed E-state index contributed by atoms with van der Waals surface area (Å²) in [6.07, 6.45) is 3.37. The van der Waals surface area contributed by atoms with Crippen LogP contribution in [0.5, 0.6) is 5.75 Å². The average molecular weight is 301 g/mol. The van der Waals surface area contributed by atoms with Crippen molar-refractivity contribution in [2.24, 2.45) is 0 Å². The number of carboxylic acids is 1. The van der Waals surface area contributed by atoms with Gasteiger partial charge in [0.25, 0.3) is 0 Å². The topological polar surface area (TPSA) is 95.5 Å². The first-order valence-corrected chi connectivity index (χ1v) is 7.29. The van der Waals surface area contributed by atoms with Gasteiger partial charge in [0.2, 0.25) is 5.43 Å². The number of carboxylic acid groups (broad SMARTS) is 1. The van der Waals surface area contributed by atoms with E-state index in [-0.39, 0.29) is 17.1 Å². The lowest BCUT2D eigenvalue weighted by atomic mass is 10.1. The van der Waals surface area contributed by atoms with Crippen LogP contribution in [0.25, 0.3) is 11.0 Å². The number of nitrogens with zero attached hydrogens (tertiary/aromatic N) is 2. The fourth-order valence-corrected chi connectivity index (χ4v) is 3.39. The van der Waals surface area contributed by atoms with Crippen LogP contribution in [0.15, 0.2) is 17.1 Å². The zero-order valence-corrected chi connectivity index (χ0v) is 12.0. The molecule has 0 saturated carbocycles. The van der Waals surface area contributed by atoms with Gasteiger partial charge in [0.1, 0.15) is 17.3 Å². The molecule has 7 heteroatoms. The normalized spacial score (nSPS) is 23.0. The minimum atomic E-state index is -1.25. The molecule has 7 nitrogen and oxygen atoms in total. The zero-order chi connectivity index (χ0) is 15.4. The van der Waals surface area contributed by atoms with Gasteiger partial charge in [0.15, 0.2) is 11.6 Å². The number of aromatic carboxylic acids is 1. The number of pyridine rings is 2. The maximum absolute atomic E-state index is 12.3. The van der Waals surface area contributed by atoms with Gasteiger partial charge in [-0.05, 0) is 25.8 Å². The Morgan fingerprint density at radius 2 is 2.36 bits per heavy atom. The van der Waals surface area contributed by atoms with E-state index in [2.05, 4.69) is 14.9 Å². The fraction of sp³-hybridized carbons (Fsp3) is 0.400. The van der Waals surface area contributed by atoms with Crippen molar-refractivity contribution in [1.82, 2.24) is 9.97 Å². The van der Waals surface area contributed by atoms with Crippen LogP contribution in [-0.2, 0) is 0 Å². The van der Waals surface area contributed by atoms with Gasteiger partial charge < -0.3 is 19.7 Å². The summed E-state index contributed by atoms with van der Waals surface area (Å²) in [7, 11) is 0. The van der Waals surface area contributed by atoms with E-state index in [1.807, 2.05) is 6.92 Å². The number of ether oxygens (including phenoxy) is 1. The molecule has 4 rings (SSSR count). The van der Waals surface area contributed by atoms with E-state index in [4.69, 9.17) is 9.84 Å². The number of fused-ring (bicyclic) bond motifs is 4. The van der Waals surface area contributed by atoms with E-state index in [1.54, 1.807) is 6.07 Å². The maximum atomic E-state index is 12.3. The Balaban J connectivity index is 1.95. The molecule has 0 aliphatic carbocycles. The largest absolute Gasteiger partial charge is 0.485 e. The lowest BCUT2D eigenvalue weighted by Gasteiger charge is -2.37. The third-order valence-electron chi connectivity index (χ3n) is 4.47. The molecule has 2 aromatic heterocycles. The molecular weight excluding hydrogens is 286 g/mol. The lowest BCUT2D eigenvalue weighted by Crippen LogP contribution is -2.44. The Bertz CT molecular complexity index is 845. The molecule has 0 bridgehead atoms. The number of aromatic nitrogens is 2. The number of H-pyrrole nitrogens is 1. The quantitative estimate of drug-likeness (QED) is 0.826. The van der Waals surface area contributed by atoms with Gasteiger partial charge in [0.05, 0.1) is 11.4 Å². The summed E-state index contributed by atoms with van der Waals surface area (Å²) in [4.78, 5) is 32.9. The standard InChI is InChI=1S/C15H15N3O4/c1-7-10-3-2-4-18(10)14-11(22-7)5-8-12(19)9(15(20)21)6-16-13(8)17-14/h5-7,10H,2-4H2,1H3,(H,20,21)(H,16,17,19)/t7-,10+/m1/s1. The lowest BCUT2D eigenvalue weighted by molar-refractivity contribution is 0.0695. The van der Waals surface area contributed by atoms with Crippen molar-refractivity contribution in [3.8, 4) is 5.75 Å². The molecule has 2 aliphatic heterocycles. The minimum absolute atomic E-state index is 0.0241. The number of hydrogen-bond donors (Lipinski definition) is 2. The van der Waals surface area contributed by atoms with E-state index < -0.39 is 11.4 Å². The van der Waals surface area contributed by atoms with Crippen molar-refractivity contribution in [3.63, 3.8) is 0 Å². The van der Waals surface area contributed by atoms with Gasteiger partial charge in [-0.3, -0.25) is 4.79 Å². The number of carbonyl (C=O) groups is 1. The smallest absolute Gasteiger partial charge is 0.341 e. The molecule has 2 N–H and O–H groups in total. The second-order valence-corrected chi connectivity index (χ2v) is 5.77. The molecule has 1 saturated heterocycles. The molecule has 2 aromatic rings. The van der Waals surface area contributed by atoms with Gasteiger partial charge in [-0.15, -0.1) is 0 Å². The summed E-state index contributed by atoms with van der Waals surface area (Å²) in [5.41, 5.74) is -0.453. The molecule has 114 valence electrons. The van der Waals surface area contributed by atoms with Gasteiger partial charge in [-0.25, -0.2) is 9.78 Å². The number of hydrogen-bond acceptors (Lipinski definition) is 5. The first kappa shape index (κ1) is 13.1. The molecule has 0 unspecified atom stereocenters. The van der Waals surface area contributed by atoms with Crippen molar-refractivity contribution in [2.75, 3.05) is 11.4 Å². The van der Waals surface area contributed by atoms with E-state index in [0.717, 1.165) is 25.2 Å². The molecule has 0 amide bonds. The number of anilines is 1. The van der Waals surface area contributed by atoms with Crippen LogP contribution in [0.3, 0.4) is 0 Å². The molecule has 2 atom stereocenters. The van der Waals surface area contributed by atoms with Crippen molar-refractivity contribution in [1.29, 1.82) is 0 Å². The third-order valence-corrected chi connectivity index (χ3v) is 4.47. The molecule has 1 fully saturated rings. The Labute approximate surface area is 125 Å². The summed E-state index contributed by atoms with van der Waals surface area (Å²) in [6.45, 7) is 2.93. The average Bonchev–Trinajstić information content (AvgIpc) is 2.97. The predicted molar refractivity (Wildman–Crippen MR) is 79.8 cm³/mol. The van der Waals surface area contributed by atoms with Crippen molar-refractivity contribution in [2.45, 2.75) is 31.9 Å². The van der Waals surface area contributed by atoms with Crippen LogP contribution in [-0.4, -0.2) is 39.7 Å². The van der Waals surface area contributed by atoms with Crippen LogP contribution >= 0.6 is 0 Å². The van der Waals surface area contributed by atoms with E-state index in [0.29, 0.717) is 17.4 Å². The third kappa shape index (κ3) is 1.71. The molecule has 0 radical (unpaired) electrons. The van der Waals surface area contributed by atoms with E-state index in [1.165, 1.54) is 6.20 Å². The Hall–Kier alpha value is -2.57. The first-order valence-electron chi connectivity index (χ1n) is 7.29. The van der Waals surface area contributed by atoms with Crippen LogP contribution in [0.2, 0.25) is 0 Å². The zero-order valence-electron chi connectivity index (χ0n) is 12.0. The second kappa shape index (κ2) is 4.46. The van der Waals surface area contributed by atoms with Crippen LogP contribution in [0, 0.1) is 0 Å². The van der Waals surface area contributed by atoms with E-state index in [9.17, 15) is 9.59 Å². The number of aromatic amines is 1. The highest BCUT2D eigenvalue weighted by Gasteiger charge is 2.37. The summed E-state index contributed by atoms with van der Waals surface area (Å²) in [5.74, 6) is 0.0211. The number of nitrogens with one attached hydrogen (secondary N) is 1. The predicted octanol–water partition coefficient (Wildman–Crippen LogP) is 1.37. The Morgan fingerprint density at radius 3 is 3.14 bits per heavy atom. The van der Waals surface area contributed by atoms with Gasteiger partial charge in [-0.2, -0.15) is 0 Å². The molecular formula is C15H15N3O4. The molecule has 0 aromatic carbocycles. The van der Waals surface area contributed by atoms with Crippen molar-refractivity contribution in [3.05, 3.63) is 28.0 Å². The SMILES string of the molecule is C[C@H]1Oc2cc3c(=O)c(C(=O)O)c[nH]c3nc2N2CCC[C@@H]12. The van der Waals surface area contributed by atoms with Crippen molar-refractivity contribution < 1.29 is 14.6 Å². The molecule has 0 spiro atoms. The Kier molecular flexibility index (Phi) is 2.66. The summed E-state index contributed by atoms with van der Waals surface area (Å²) in [6, 6.07) is 1.91. The second-order valence-electron chi connectivity index (χ2n) is 5.77. The van der Waals surface area contributed by atoms with Crippen molar-refractivity contribution >= 4 is 22.8 Å². The van der Waals surface area contributed by atoms with Crippen LogP contribution in [0.1, 0.15) is 30.1 Å². The minimum Gasteiger partial charge on any atom is -0.485 e. The highest BCUT2D eigenvalue weighted by Crippen LogP contribution is 2.39. The van der Waals surface area contributed by atoms with Gasteiger partial charge >= 0.3 is 5.97 Å². The number of rotatable bonds is 1.